The van der Waals surface area contributed by atoms with Gasteiger partial charge in [-0.05, 0) is 41.8 Å². The number of hydrogen-bond donors (Lipinski definition) is 0. The third-order valence-electron chi connectivity index (χ3n) is 4.06. The predicted molar refractivity (Wildman–Crippen MR) is 129 cm³/mol. The van der Waals surface area contributed by atoms with Gasteiger partial charge in [0.05, 0.1) is 9.75 Å². The highest BCUT2D eigenvalue weighted by molar-refractivity contribution is 7.61. The summed E-state index contributed by atoms with van der Waals surface area (Å²) < 4.78 is 0. The summed E-state index contributed by atoms with van der Waals surface area (Å²) >= 11 is 28.0. The van der Waals surface area contributed by atoms with E-state index in [9.17, 15) is 9.59 Å². The van der Waals surface area contributed by atoms with Crippen LogP contribution in [0.3, 0.4) is 0 Å². The van der Waals surface area contributed by atoms with Crippen LogP contribution < -0.4 is 0 Å². The number of carbonyl (C=O) groups excluding carboxylic acids is 2. The zero-order chi connectivity index (χ0) is 20.6. The third kappa shape index (κ3) is 7.40. The van der Waals surface area contributed by atoms with Crippen molar-refractivity contribution in [1.82, 2.24) is 0 Å². The molecule has 2 nitrogen and oxygen atoms in total. The van der Waals surface area contributed by atoms with Crippen LogP contribution in [0.15, 0.2) is 46.8 Å². The minimum Gasteiger partial charge on any atom is -0.296 e. The van der Waals surface area contributed by atoms with Crippen LogP contribution in [0.1, 0.15) is 51.4 Å². The molecule has 0 saturated heterocycles. The molecule has 0 aliphatic heterocycles. The van der Waals surface area contributed by atoms with Crippen molar-refractivity contribution in [1.29, 1.82) is 0 Å². The van der Waals surface area contributed by atoms with Crippen LogP contribution in [0.5, 0.6) is 0 Å². The zero-order valence-electron chi connectivity index (χ0n) is 15.0. The summed E-state index contributed by atoms with van der Waals surface area (Å²) in [6.45, 7) is -6.00. The molecule has 0 aliphatic carbocycles. The standard InChI is InChI=1S/C18H20Cl4O2S2Si2/c19-27(20,17(23)15-9-7-11-25-15)13-5-3-1-2-4-6-14-28(21,22)18(24)16-10-8-12-26-16/h5,7-13H,1-4,6,14H2/b13-5+. The SMILES string of the molecule is O=C(c1cccs1)[Si](Cl)(Cl)/C=C/CCCCCC[Si](Cl)(Cl)C(=O)c1cccs1. The molecule has 0 aliphatic rings. The van der Waals surface area contributed by atoms with Crippen molar-refractivity contribution >= 4 is 91.2 Å². The maximum Gasteiger partial charge on any atom is 0.348 e. The monoisotopic (exact) mass is 528 g/mol. The smallest absolute Gasteiger partial charge is 0.296 e. The molecule has 0 spiro atoms. The van der Waals surface area contributed by atoms with E-state index >= 15 is 0 Å². The Hall–Kier alpha value is 0.0738. The summed E-state index contributed by atoms with van der Waals surface area (Å²) in [7, 11) is 0. The second-order valence-corrected chi connectivity index (χ2v) is 21.2. The van der Waals surface area contributed by atoms with Gasteiger partial charge in [0.15, 0.2) is 10.8 Å². The first kappa shape index (κ1) is 24.3. The van der Waals surface area contributed by atoms with Gasteiger partial charge in [-0.25, -0.2) is 0 Å². The van der Waals surface area contributed by atoms with Gasteiger partial charge in [-0.15, -0.1) is 67.0 Å². The van der Waals surface area contributed by atoms with Crippen LogP contribution in [-0.2, 0) is 0 Å². The van der Waals surface area contributed by atoms with Crippen molar-refractivity contribution in [3.8, 4) is 0 Å². The van der Waals surface area contributed by atoms with Gasteiger partial charge in [0.2, 0.25) is 0 Å². The quantitative estimate of drug-likeness (QED) is 0.159. The van der Waals surface area contributed by atoms with E-state index in [1.807, 2.05) is 29.0 Å². The Morgan fingerprint density at radius 3 is 2.00 bits per heavy atom. The van der Waals surface area contributed by atoms with Crippen LogP contribution in [0.25, 0.3) is 0 Å². The number of carbonyl (C=O) groups is 2. The maximum absolute atomic E-state index is 12.3. The largest absolute Gasteiger partial charge is 0.348 e. The minimum absolute atomic E-state index is 0.0882. The maximum atomic E-state index is 12.3. The Morgan fingerprint density at radius 2 is 1.43 bits per heavy atom. The van der Waals surface area contributed by atoms with E-state index in [2.05, 4.69) is 0 Å². The number of hydrogen-bond acceptors (Lipinski definition) is 4. The van der Waals surface area contributed by atoms with Crippen molar-refractivity contribution < 1.29 is 9.59 Å². The molecule has 0 radical (unpaired) electrons. The van der Waals surface area contributed by atoms with E-state index in [0.717, 1.165) is 32.1 Å². The van der Waals surface area contributed by atoms with Gasteiger partial charge in [0, 0.05) is 0 Å². The minimum atomic E-state index is -3.08. The summed E-state index contributed by atoms with van der Waals surface area (Å²) in [5, 5.41) is 3.44. The molecule has 152 valence electrons. The normalized spacial score (nSPS) is 12.6. The number of allylic oxidation sites excluding steroid dienone is 1. The average molecular weight is 530 g/mol. The highest BCUT2D eigenvalue weighted by atomic mass is 35.7. The summed E-state index contributed by atoms with van der Waals surface area (Å²) in [4.78, 5) is 25.8. The summed E-state index contributed by atoms with van der Waals surface area (Å²) in [6, 6.07) is 7.72. The van der Waals surface area contributed by atoms with E-state index in [1.165, 1.54) is 22.7 Å². The van der Waals surface area contributed by atoms with E-state index in [-0.39, 0.29) is 10.8 Å². The fourth-order valence-electron chi connectivity index (χ4n) is 2.54. The van der Waals surface area contributed by atoms with Crippen molar-refractivity contribution in [2.24, 2.45) is 0 Å². The molecule has 0 atom stereocenters. The molecule has 2 heterocycles. The van der Waals surface area contributed by atoms with Gasteiger partial charge in [-0.1, -0.05) is 43.2 Å². The lowest BCUT2D eigenvalue weighted by Crippen LogP contribution is -2.31. The van der Waals surface area contributed by atoms with Crippen molar-refractivity contribution in [3.05, 3.63) is 56.6 Å². The average Bonchev–Trinajstić information content (AvgIpc) is 3.36. The molecule has 0 N–H and O–H groups in total. The Morgan fingerprint density at radius 1 is 0.857 bits per heavy atom. The molecule has 28 heavy (non-hydrogen) atoms. The number of unbranched alkanes of at least 4 members (excludes halogenated alkanes) is 4. The highest BCUT2D eigenvalue weighted by Crippen LogP contribution is 2.30. The van der Waals surface area contributed by atoms with Gasteiger partial charge in [-0.2, -0.15) is 0 Å². The van der Waals surface area contributed by atoms with E-state index in [4.69, 9.17) is 44.3 Å². The van der Waals surface area contributed by atoms with E-state index < -0.39 is 13.4 Å². The van der Waals surface area contributed by atoms with Crippen molar-refractivity contribution in [3.63, 3.8) is 0 Å². The number of thiophene rings is 2. The topological polar surface area (TPSA) is 34.1 Å². The molecule has 0 bridgehead atoms. The summed E-state index contributed by atoms with van der Waals surface area (Å²) in [6.07, 6.45) is 6.46. The van der Waals surface area contributed by atoms with Crippen LogP contribution >= 0.6 is 67.0 Å². The van der Waals surface area contributed by atoms with E-state index in [1.54, 1.807) is 17.8 Å². The fraction of sp³-hybridized carbons (Fsp3) is 0.333. The number of rotatable bonds is 12. The van der Waals surface area contributed by atoms with Crippen molar-refractivity contribution in [2.75, 3.05) is 0 Å². The third-order valence-corrected chi connectivity index (χ3v) is 13.6. The van der Waals surface area contributed by atoms with Crippen LogP contribution in [-0.4, -0.2) is 24.2 Å². The Balaban J connectivity index is 1.64. The molecule has 0 saturated carbocycles. The Bertz CT molecular complexity index is 791. The van der Waals surface area contributed by atoms with Gasteiger partial charge in [0.1, 0.15) is 0 Å². The number of halogens is 4. The molecular formula is C18H20Cl4O2S2Si2. The first-order valence-electron chi connectivity index (χ1n) is 8.84. The second kappa shape index (κ2) is 11.5. The molecule has 2 aromatic heterocycles. The Labute approximate surface area is 194 Å². The lowest BCUT2D eigenvalue weighted by Gasteiger charge is -2.13. The molecule has 2 aromatic rings. The second-order valence-electron chi connectivity index (χ2n) is 6.30. The molecule has 0 amide bonds. The molecule has 2 rings (SSSR count). The molecular weight excluding hydrogens is 510 g/mol. The fourth-order valence-corrected chi connectivity index (χ4v) is 10.7. The Kier molecular flexibility index (Phi) is 9.96. The van der Waals surface area contributed by atoms with Gasteiger partial charge >= 0.3 is 13.4 Å². The molecule has 0 unspecified atom stereocenters. The first-order chi connectivity index (χ1) is 13.2. The first-order valence-corrected chi connectivity index (χ1v) is 18.9. The lowest BCUT2D eigenvalue weighted by molar-refractivity contribution is 0.106. The van der Waals surface area contributed by atoms with Gasteiger partial charge in [-0.3, -0.25) is 9.59 Å². The predicted octanol–water partition coefficient (Wildman–Crippen LogP) is 7.84. The van der Waals surface area contributed by atoms with Crippen molar-refractivity contribution in [2.45, 2.75) is 38.1 Å². The van der Waals surface area contributed by atoms with Crippen LogP contribution in [0, 0.1) is 0 Å². The van der Waals surface area contributed by atoms with Crippen LogP contribution in [0.2, 0.25) is 6.04 Å². The summed E-state index contributed by atoms with van der Waals surface area (Å²) in [5.74, 6) is 0. The summed E-state index contributed by atoms with van der Waals surface area (Å²) in [5.41, 5.74) is 1.69. The molecule has 0 fully saturated rings. The molecule has 10 heteroatoms. The van der Waals surface area contributed by atoms with Crippen LogP contribution in [0.4, 0.5) is 0 Å². The van der Waals surface area contributed by atoms with Gasteiger partial charge in [0.25, 0.3) is 0 Å². The van der Waals surface area contributed by atoms with Gasteiger partial charge < -0.3 is 0 Å². The van der Waals surface area contributed by atoms with E-state index in [0.29, 0.717) is 15.8 Å². The highest BCUT2D eigenvalue weighted by Gasteiger charge is 2.38. The zero-order valence-corrected chi connectivity index (χ0v) is 21.7. The lowest BCUT2D eigenvalue weighted by atomic mass is 10.1. The molecule has 0 aromatic carbocycles.